The van der Waals surface area contributed by atoms with E-state index in [1.807, 2.05) is 31.2 Å². The average molecular weight is 427 g/mol. The van der Waals surface area contributed by atoms with Crippen LogP contribution in [-0.4, -0.2) is 31.7 Å². The van der Waals surface area contributed by atoms with Crippen molar-refractivity contribution < 1.29 is 17.6 Å². The van der Waals surface area contributed by atoms with Crippen molar-refractivity contribution in [3.63, 3.8) is 0 Å². The zero-order valence-electron chi connectivity index (χ0n) is 17.6. The van der Waals surface area contributed by atoms with E-state index in [4.69, 9.17) is 4.42 Å². The summed E-state index contributed by atoms with van der Waals surface area (Å²) in [5.74, 6) is 0.326. The largest absolute Gasteiger partial charge is 0.467 e. The molecule has 7 heteroatoms. The van der Waals surface area contributed by atoms with E-state index in [1.54, 1.807) is 49.3 Å². The second-order valence-electron chi connectivity index (χ2n) is 7.45. The zero-order chi connectivity index (χ0) is 21.9. The van der Waals surface area contributed by atoms with E-state index in [9.17, 15) is 13.2 Å². The SMILES string of the molecule is Cc1ccc(N(Cc2ccco2)C(=O)c2cccc(S(=O)(=O)N(C)C(C)C)c2)cc1. The highest BCUT2D eigenvalue weighted by molar-refractivity contribution is 7.89. The van der Waals surface area contributed by atoms with Gasteiger partial charge in [-0.3, -0.25) is 4.79 Å². The van der Waals surface area contributed by atoms with Crippen LogP contribution in [0.25, 0.3) is 0 Å². The number of furan rings is 1. The molecule has 0 unspecified atom stereocenters. The van der Waals surface area contributed by atoms with Crippen LogP contribution in [0.1, 0.15) is 35.5 Å². The molecule has 0 radical (unpaired) electrons. The van der Waals surface area contributed by atoms with Gasteiger partial charge in [0.2, 0.25) is 10.0 Å². The van der Waals surface area contributed by atoms with E-state index >= 15 is 0 Å². The number of sulfonamides is 1. The van der Waals surface area contributed by atoms with Gasteiger partial charge < -0.3 is 9.32 Å². The molecule has 0 saturated carbocycles. The van der Waals surface area contributed by atoms with Crippen molar-refractivity contribution in [2.24, 2.45) is 0 Å². The Morgan fingerprint density at radius 2 is 1.73 bits per heavy atom. The van der Waals surface area contributed by atoms with Crippen LogP contribution >= 0.6 is 0 Å². The van der Waals surface area contributed by atoms with Gasteiger partial charge in [0.15, 0.2) is 0 Å². The summed E-state index contributed by atoms with van der Waals surface area (Å²) in [6.45, 7) is 5.81. The average Bonchev–Trinajstić information content (AvgIpc) is 3.25. The fourth-order valence-electron chi connectivity index (χ4n) is 2.95. The molecule has 6 nitrogen and oxygen atoms in total. The summed E-state index contributed by atoms with van der Waals surface area (Å²) in [7, 11) is -2.16. The topological polar surface area (TPSA) is 70.8 Å². The number of hydrogen-bond acceptors (Lipinski definition) is 4. The van der Waals surface area contributed by atoms with Gasteiger partial charge >= 0.3 is 0 Å². The van der Waals surface area contributed by atoms with Crippen LogP contribution in [0.5, 0.6) is 0 Å². The molecular weight excluding hydrogens is 400 g/mol. The minimum Gasteiger partial charge on any atom is -0.467 e. The fraction of sp³-hybridized carbons (Fsp3) is 0.261. The maximum Gasteiger partial charge on any atom is 0.258 e. The first-order valence-corrected chi connectivity index (χ1v) is 11.1. The van der Waals surface area contributed by atoms with Crippen LogP contribution in [0.2, 0.25) is 0 Å². The standard InChI is InChI=1S/C23H26N2O4S/c1-17(2)24(4)30(27,28)22-9-5-7-19(15-22)23(26)25(16-21-8-6-14-29-21)20-12-10-18(3)11-13-20/h5-15,17H,16H2,1-4H3. The second-order valence-corrected chi connectivity index (χ2v) is 9.45. The summed E-state index contributed by atoms with van der Waals surface area (Å²) in [5.41, 5.74) is 2.07. The maximum atomic E-state index is 13.4. The van der Waals surface area contributed by atoms with Crippen LogP contribution in [0.3, 0.4) is 0 Å². The van der Waals surface area contributed by atoms with E-state index in [0.717, 1.165) is 5.56 Å². The molecule has 0 fully saturated rings. The summed E-state index contributed by atoms with van der Waals surface area (Å²) in [4.78, 5) is 15.1. The third-order valence-electron chi connectivity index (χ3n) is 4.97. The number of carbonyl (C=O) groups excluding carboxylic acids is 1. The normalized spacial score (nSPS) is 11.8. The minimum atomic E-state index is -3.70. The number of anilines is 1. The van der Waals surface area contributed by atoms with Crippen molar-refractivity contribution in [2.75, 3.05) is 11.9 Å². The number of nitrogens with zero attached hydrogens (tertiary/aromatic N) is 2. The molecule has 1 amide bonds. The monoisotopic (exact) mass is 426 g/mol. The van der Waals surface area contributed by atoms with Gasteiger partial charge in [0.05, 0.1) is 17.7 Å². The zero-order valence-corrected chi connectivity index (χ0v) is 18.4. The van der Waals surface area contributed by atoms with E-state index in [2.05, 4.69) is 0 Å². The molecule has 3 rings (SSSR count). The third kappa shape index (κ3) is 4.63. The molecule has 0 aliphatic heterocycles. The fourth-order valence-corrected chi connectivity index (χ4v) is 4.37. The Balaban J connectivity index is 1.99. The highest BCUT2D eigenvalue weighted by Crippen LogP contribution is 2.23. The molecule has 0 spiro atoms. The van der Waals surface area contributed by atoms with Gasteiger partial charge in [-0.25, -0.2) is 8.42 Å². The quantitative estimate of drug-likeness (QED) is 0.559. The first-order chi connectivity index (χ1) is 14.2. The summed E-state index contributed by atoms with van der Waals surface area (Å²) in [5, 5.41) is 0. The van der Waals surface area contributed by atoms with Gasteiger partial charge in [-0.05, 0) is 63.2 Å². The molecule has 0 saturated heterocycles. The summed E-state index contributed by atoms with van der Waals surface area (Å²) in [6, 6.07) is 17.1. The Kier molecular flexibility index (Phi) is 6.43. The number of hydrogen-bond donors (Lipinski definition) is 0. The van der Waals surface area contributed by atoms with Crippen LogP contribution < -0.4 is 4.90 Å². The number of carbonyl (C=O) groups is 1. The molecule has 0 atom stereocenters. The van der Waals surface area contributed by atoms with Gasteiger partial charge in [0, 0.05) is 24.3 Å². The third-order valence-corrected chi connectivity index (χ3v) is 7.00. The van der Waals surface area contributed by atoms with Crippen molar-refractivity contribution in [3.8, 4) is 0 Å². The molecule has 3 aromatic rings. The highest BCUT2D eigenvalue weighted by atomic mass is 32.2. The van der Waals surface area contributed by atoms with Crippen LogP contribution in [0.15, 0.2) is 76.2 Å². The van der Waals surface area contributed by atoms with Crippen molar-refractivity contribution in [2.45, 2.75) is 38.3 Å². The van der Waals surface area contributed by atoms with Crippen molar-refractivity contribution >= 4 is 21.6 Å². The minimum absolute atomic E-state index is 0.0893. The van der Waals surface area contributed by atoms with Crippen LogP contribution in [-0.2, 0) is 16.6 Å². The summed E-state index contributed by atoms with van der Waals surface area (Å²) >= 11 is 0. The molecule has 0 bridgehead atoms. The van der Waals surface area contributed by atoms with Crippen molar-refractivity contribution in [1.29, 1.82) is 0 Å². The molecule has 158 valence electrons. The molecule has 0 aliphatic rings. The van der Waals surface area contributed by atoms with Crippen molar-refractivity contribution in [3.05, 3.63) is 83.8 Å². The second kappa shape index (κ2) is 8.85. The van der Waals surface area contributed by atoms with Gasteiger partial charge in [0.1, 0.15) is 5.76 Å². The van der Waals surface area contributed by atoms with Gasteiger partial charge in [-0.2, -0.15) is 4.31 Å². The number of amides is 1. The molecule has 1 aromatic heterocycles. The van der Waals surface area contributed by atoms with Crippen LogP contribution in [0.4, 0.5) is 5.69 Å². The Morgan fingerprint density at radius 3 is 2.33 bits per heavy atom. The van der Waals surface area contributed by atoms with Gasteiger partial charge in [-0.1, -0.05) is 23.8 Å². The molecular formula is C23H26N2O4S. The molecule has 0 N–H and O–H groups in total. The molecule has 0 aliphatic carbocycles. The Bertz CT molecular complexity index is 1100. The number of rotatable bonds is 7. The number of benzene rings is 2. The smallest absolute Gasteiger partial charge is 0.258 e. The van der Waals surface area contributed by atoms with E-state index in [0.29, 0.717) is 17.0 Å². The van der Waals surface area contributed by atoms with Gasteiger partial charge in [0.25, 0.3) is 5.91 Å². The maximum absolute atomic E-state index is 13.4. The van der Waals surface area contributed by atoms with E-state index in [-0.39, 0.29) is 23.4 Å². The van der Waals surface area contributed by atoms with E-state index < -0.39 is 10.0 Å². The first kappa shape index (κ1) is 21.8. The lowest BCUT2D eigenvalue weighted by molar-refractivity contribution is 0.0983. The molecule has 30 heavy (non-hydrogen) atoms. The predicted molar refractivity (Wildman–Crippen MR) is 117 cm³/mol. The lowest BCUT2D eigenvalue weighted by atomic mass is 10.1. The predicted octanol–water partition coefficient (Wildman–Crippen LogP) is 4.46. The van der Waals surface area contributed by atoms with Gasteiger partial charge in [-0.15, -0.1) is 0 Å². The van der Waals surface area contributed by atoms with E-state index in [1.165, 1.54) is 23.5 Å². The lowest BCUT2D eigenvalue weighted by Crippen LogP contribution is -2.33. The lowest BCUT2D eigenvalue weighted by Gasteiger charge is -2.23. The van der Waals surface area contributed by atoms with Crippen molar-refractivity contribution in [1.82, 2.24) is 4.31 Å². The summed E-state index contributed by atoms with van der Waals surface area (Å²) < 4.78 is 32.5. The highest BCUT2D eigenvalue weighted by Gasteiger charge is 2.25. The Morgan fingerprint density at radius 1 is 1.03 bits per heavy atom. The Hall–Kier alpha value is -2.90. The molecule has 2 aromatic carbocycles. The number of aryl methyl sites for hydroxylation is 1. The van der Waals surface area contributed by atoms with Crippen LogP contribution in [0, 0.1) is 6.92 Å². The first-order valence-electron chi connectivity index (χ1n) is 9.69. The Labute approximate surface area is 177 Å². The molecule has 1 heterocycles. The summed E-state index contributed by atoms with van der Waals surface area (Å²) in [6.07, 6.45) is 1.56.